The van der Waals surface area contributed by atoms with Crippen LogP contribution in [-0.4, -0.2) is 57.3 Å². The van der Waals surface area contributed by atoms with E-state index in [9.17, 15) is 0 Å². The largest absolute Gasteiger partial charge is 0.491 e. The van der Waals surface area contributed by atoms with Crippen molar-refractivity contribution in [2.45, 2.75) is 44.2 Å². The lowest BCUT2D eigenvalue weighted by atomic mass is 10.1. The van der Waals surface area contributed by atoms with Gasteiger partial charge in [0.25, 0.3) is 0 Å². The number of hydrogen-bond donors (Lipinski definition) is 1. The molecule has 6 rings (SSSR count). The second-order valence-corrected chi connectivity index (χ2v) is 8.87. The molecule has 5 heterocycles. The zero-order chi connectivity index (χ0) is 23.4. The maximum Gasteiger partial charge on any atom is 0.213 e. The highest BCUT2D eigenvalue weighted by Gasteiger charge is 2.56. The summed E-state index contributed by atoms with van der Waals surface area (Å²) in [7, 11) is 1.60. The van der Waals surface area contributed by atoms with Gasteiger partial charge in [-0.05, 0) is 38.1 Å². The third-order valence-corrected chi connectivity index (χ3v) is 6.20. The van der Waals surface area contributed by atoms with Crippen LogP contribution in [0.3, 0.4) is 0 Å². The fourth-order valence-electron chi connectivity index (χ4n) is 4.67. The number of methoxy groups -OCH3 is 1. The van der Waals surface area contributed by atoms with Crippen LogP contribution in [0.5, 0.6) is 11.6 Å². The summed E-state index contributed by atoms with van der Waals surface area (Å²) in [6.07, 6.45) is 1.88. The highest BCUT2D eigenvalue weighted by molar-refractivity contribution is 5.86. The van der Waals surface area contributed by atoms with Crippen LogP contribution >= 0.6 is 0 Å². The van der Waals surface area contributed by atoms with Crippen molar-refractivity contribution in [1.29, 1.82) is 0 Å². The van der Waals surface area contributed by atoms with Crippen LogP contribution in [0.4, 0.5) is 5.82 Å². The molecule has 34 heavy (non-hydrogen) atoms. The molecule has 4 atom stereocenters. The highest BCUT2D eigenvalue weighted by Crippen LogP contribution is 2.44. The molecule has 10 heteroatoms. The minimum atomic E-state index is -0.740. The van der Waals surface area contributed by atoms with Crippen molar-refractivity contribution < 1.29 is 23.7 Å². The Kier molecular flexibility index (Phi) is 4.83. The van der Waals surface area contributed by atoms with Crippen molar-refractivity contribution in [3.63, 3.8) is 0 Å². The van der Waals surface area contributed by atoms with E-state index in [1.165, 1.54) is 6.33 Å². The number of anilines is 1. The monoisotopic (exact) mass is 463 g/mol. The lowest BCUT2D eigenvalue weighted by molar-refractivity contribution is -0.198. The SMILES string of the molecule is COc1ccc2ccc(OC[C@H]3O[C@@H](n4ccc5c(N)ncnc54)[C@@H]4OC(C)(C)O[C@@H]43)cc2n1. The molecule has 2 aliphatic heterocycles. The summed E-state index contributed by atoms with van der Waals surface area (Å²) in [6.45, 7) is 4.08. The quantitative estimate of drug-likeness (QED) is 0.477. The van der Waals surface area contributed by atoms with Crippen LogP contribution in [0.2, 0.25) is 0 Å². The molecule has 10 nitrogen and oxygen atoms in total. The molecule has 0 saturated carbocycles. The van der Waals surface area contributed by atoms with Crippen LogP contribution in [0.1, 0.15) is 20.1 Å². The van der Waals surface area contributed by atoms with E-state index in [1.807, 2.05) is 61.0 Å². The number of hydrogen-bond acceptors (Lipinski definition) is 9. The molecule has 2 N–H and O–H groups in total. The normalized spacial score (nSPS) is 25.6. The Morgan fingerprint density at radius 2 is 1.91 bits per heavy atom. The van der Waals surface area contributed by atoms with Gasteiger partial charge in [0.2, 0.25) is 5.88 Å². The Hall–Kier alpha value is -3.47. The Labute approximate surface area is 195 Å². The Morgan fingerprint density at radius 3 is 2.76 bits per heavy atom. The summed E-state index contributed by atoms with van der Waals surface area (Å²) in [5.74, 6) is 0.915. The molecule has 176 valence electrons. The Bertz CT molecular complexity index is 1370. The molecule has 1 aromatic carbocycles. The summed E-state index contributed by atoms with van der Waals surface area (Å²) in [5.41, 5.74) is 7.49. The molecule has 0 aliphatic carbocycles. The van der Waals surface area contributed by atoms with Crippen LogP contribution < -0.4 is 15.2 Å². The summed E-state index contributed by atoms with van der Waals surface area (Å²) in [4.78, 5) is 13.0. The van der Waals surface area contributed by atoms with Gasteiger partial charge in [-0.1, -0.05) is 0 Å². The molecule has 0 unspecified atom stereocenters. The molecule has 2 saturated heterocycles. The van der Waals surface area contributed by atoms with Gasteiger partial charge >= 0.3 is 0 Å². The van der Waals surface area contributed by atoms with E-state index < -0.39 is 12.0 Å². The third kappa shape index (κ3) is 3.51. The van der Waals surface area contributed by atoms with Gasteiger partial charge in [-0.2, -0.15) is 0 Å². The third-order valence-electron chi connectivity index (χ3n) is 6.20. The maximum absolute atomic E-state index is 6.41. The lowest BCUT2D eigenvalue weighted by Gasteiger charge is -2.25. The number of fused-ring (bicyclic) bond motifs is 3. The van der Waals surface area contributed by atoms with E-state index in [0.29, 0.717) is 23.1 Å². The molecule has 0 spiro atoms. The van der Waals surface area contributed by atoms with Gasteiger partial charge in [0, 0.05) is 23.7 Å². The molecule has 0 bridgehead atoms. The van der Waals surface area contributed by atoms with E-state index in [1.54, 1.807) is 7.11 Å². The van der Waals surface area contributed by atoms with Gasteiger partial charge in [-0.25, -0.2) is 15.0 Å². The first-order valence-corrected chi connectivity index (χ1v) is 11.1. The molecular weight excluding hydrogens is 438 g/mol. The molecule has 0 radical (unpaired) electrons. The maximum atomic E-state index is 6.41. The van der Waals surface area contributed by atoms with E-state index in [0.717, 1.165) is 16.3 Å². The van der Waals surface area contributed by atoms with Crippen molar-refractivity contribution >= 4 is 27.8 Å². The molecule has 0 amide bonds. The van der Waals surface area contributed by atoms with E-state index >= 15 is 0 Å². The van der Waals surface area contributed by atoms with Crippen LogP contribution in [0.25, 0.3) is 21.9 Å². The zero-order valence-corrected chi connectivity index (χ0v) is 19.0. The van der Waals surface area contributed by atoms with Gasteiger partial charge in [-0.3, -0.25) is 0 Å². The number of benzene rings is 1. The lowest BCUT2D eigenvalue weighted by Crippen LogP contribution is -2.33. The van der Waals surface area contributed by atoms with Gasteiger partial charge in [0.05, 0.1) is 18.0 Å². The topological polar surface area (TPSA) is 116 Å². The van der Waals surface area contributed by atoms with Crippen LogP contribution in [0, 0.1) is 0 Å². The fraction of sp³-hybridized carbons (Fsp3) is 0.375. The van der Waals surface area contributed by atoms with Crippen molar-refractivity contribution in [1.82, 2.24) is 19.5 Å². The molecule has 3 aromatic heterocycles. The Morgan fingerprint density at radius 1 is 1.09 bits per heavy atom. The number of ether oxygens (including phenoxy) is 5. The smallest absolute Gasteiger partial charge is 0.213 e. The van der Waals surface area contributed by atoms with Gasteiger partial charge in [-0.15, -0.1) is 0 Å². The van der Waals surface area contributed by atoms with E-state index in [4.69, 9.17) is 29.4 Å². The molecular formula is C24H25N5O5. The predicted octanol–water partition coefficient (Wildman–Crippen LogP) is 3.07. The summed E-state index contributed by atoms with van der Waals surface area (Å²) >= 11 is 0. The molecule has 4 aromatic rings. The number of nitrogen functional groups attached to an aromatic ring is 1. The van der Waals surface area contributed by atoms with Gasteiger partial charge in [0.1, 0.15) is 48.5 Å². The first kappa shape index (κ1) is 21.1. The van der Waals surface area contributed by atoms with Crippen molar-refractivity contribution in [2.75, 3.05) is 19.5 Å². The summed E-state index contributed by atoms with van der Waals surface area (Å²) < 4.78 is 32.1. The summed E-state index contributed by atoms with van der Waals surface area (Å²) in [5, 5.41) is 1.76. The van der Waals surface area contributed by atoms with E-state index in [2.05, 4.69) is 15.0 Å². The minimum Gasteiger partial charge on any atom is -0.491 e. The highest BCUT2D eigenvalue weighted by atomic mass is 16.8. The number of pyridine rings is 1. The first-order chi connectivity index (χ1) is 16.4. The van der Waals surface area contributed by atoms with Crippen molar-refractivity contribution in [2.24, 2.45) is 0 Å². The number of nitrogens with zero attached hydrogens (tertiary/aromatic N) is 4. The standard InChI is InChI=1S/C24H25N5O5/c1-24(2)33-19-17(11-31-14-6-4-13-5-7-18(30-3)28-16(13)10-14)32-23(20(19)34-24)29-9-8-15-21(25)26-12-27-22(15)29/h4-10,12,17,19-20,23H,11H2,1-3H3,(H2,25,26,27)/t17-,19-,20-,23-/m1/s1. The fourth-order valence-corrected chi connectivity index (χ4v) is 4.67. The summed E-state index contributed by atoms with van der Waals surface area (Å²) in [6, 6.07) is 11.4. The number of rotatable bonds is 5. The second-order valence-electron chi connectivity index (χ2n) is 8.87. The molecule has 2 fully saturated rings. The first-order valence-electron chi connectivity index (χ1n) is 11.1. The van der Waals surface area contributed by atoms with Gasteiger partial charge in [0.15, 0.2) is 12.0 Å². The minimum absolute atomic E-state index is 0.281. The number of aromatic nitrogens is 4. The van der Waals surface area contributed by atoms with Crippen LogP contribution in [-0.2, 0) is 14.2 Å². The molecule has 2 aliphatic rings. The van der Waals surface area contributed by atoms with Crippen LogP contribution in [0.15, 0.2) is 48.9 Å². The van der Waals surface area contributed by atoms with Crippen molar-refractivity contribution in [3.8, 4) is 11.6 Å². The average molecular weight is 463 g/mol. The second kappa shape index (κ2) is 7.79. The van der Waals surface area contributed by atoms with Gasteiger partial charge < -0.3 is 34.0 Å². The van der Waals surface area contributed by atoms with E-state index in [-0.39, 0.29) is 24.9 Å². The predicted molar refractivity (Wildman–Crippen MR) is 123 cm³/mol. The van der Waals surface area contributed by atoms with Crippen molar-refractivity contribution in [3.05, 3.63) is 48.9 Å². The Balaban J connectivity index is 1.26. The number of nitrogens with two attached hydrogens (primary N) is 1. The zero-order valence-electron chi connectivity index (χ0n) is 19.0. The average Bonchev–Trinajstić information content (AvgIpc) is 3.48.